The molecule has 1 fully saturated rings. The predicted molar refractivity (Wildman–Crippen MR) is 74.2 cm³/mol. The van der Waals surface area contributed by atoms with Crippen LogP contribution in [-0.2, 0) is 14.3 Å². The molecule has 0 bridgehead atoms. The molecule has 1 saturated carbocycles. The standard InChI is InChI=1S/C15H27NO3/c1-5-19-13(17)9-15(4)7-6-11(10(2)3)12(8-15)14(16)18/h10-12H,5-9H2,1-4H3,(H2,16,18). The third-order valence-corrected chi connectivity index (χ3v) is 4.41. The molecule has 110 valence electrons. The lowest BCUT2D eigenvalue weighted by Gasteiger charge is -2.42. The molecule has 4 nitrogen and oxygen atoms in total. The van der Waals surface area contributed by atoms with Gasteiger partial charge < -0.3 is 10.5 Å². The summed E-state index contributed by atoms with van der Waals surface area (Å²) in [6, 6.07) is 0. The molecule has 0 radical (unpaired) electrons. The first-order valence-electron chi connectivity index (χ1n) is 7.24. The van der Waals surface area contributed by atoms with Gasteiger partial charge in [0.25, 0.3) is 0 Å². The van der Waals surface area contributed by atoms with E-state index in [2.05, 4.69) is 20.8 Å². The first kappa shape index (κ1) is 16.0. The zero-order valence-corrected chi connectivity index (χ0v) is 12.6. The van der Waals surface area contributed by atoms with Crippen LogP contribution < -0.4 is 5.73 Å². The smallest absolute Gasteiger partial charge is 0.306 e. The van der Waals surface area contributed by atoms with Crippen LogP contribution in [0.3, 0.4) is 0 Å². The van der Waals surface area contributed by atoms with Gasteiger partial charge in [0.15, 0.2) is 0 Å². The summed E-state index contributed by atoms with van der Waals surface area (Å²) in [4.78, 5) is 23.3. The van der Waals surface area contributed by atoms with Crippen LogP contribution in [0.4, 0.5) is 0 Å². The van der Waals surface area contributed by atoms with Crippen molar-refractivity contribution in [3.63, 3.8) is 0 Å². The minimum absolute atomic E-state index is 0.117. The highest BCUT2D eigenvalue weighted by atomic mass is 16.5. The minimum Gasteiger partial charge on any atom is -0.466 e. The summed E-state index contributed by atoms with van der Waals surface area (Å²) in [6.45, 7) is 8.55. The first-order valence-corrected chi connectivity index (χ1v) is 7.24. The van der Waals surface area contributed by atoms with Crippen LogP contribution in [0, 0.1) is 23.2 Å². The van der Waals surface area contributed by atoms with Crippen LogP contribution in [0.15, 0.2) is 0 Å². The number of esters is 1. The van der Waals surface area contributed by atoms with Gasteiger partial charge in [-0.3, -0.25) is 9.59 Å². The second-order valence-corrected chi connectivity index (χ2v) is 6.45. The molecule has 1 aliphatic rings. The molecule has 1 rings (SSSR count). The summed E-state index contributed by atoms with van der Waals surface area (Å²) in [5.41, 5.74) is 5.40. The minimum atomic E-state index is -0.228. The molecule has 1 amide bonds. The summed E-state index contributed by atoms with van der Waals surface area (Å²) >= 11 is 0. The number of nitrogens with two attached hydrogens (primary N) is 1. The fraction of sp³-hybridized carbons (Fsp3) is 0.867. The van der Waals surface area contributed by atoms with Crippen molar-refractivity contribution in [1.82, 2.24) is 0 Å². The zero-order chi connectivity index (χ0) is 14.6. The number of hydrogen-bond donors (Lipinski definition) is 1. The van der Waals surface area contributed by atoms with Gasteiger partial charge in [0, 0.05) is 5.92 Å². The number of hydrogen-bond acceptors (Lipinski definition) is 3. The van der Waals surface area contributed by atoms with Crippen LogP contribution in [-0.4, -0.2) is 18.5 Å². The molecule has 4 heteroatoms. The maximum Gasteiger partial charge on any atom is 0.306 e. The van der Waals surface area contributed by atoms with Crippen LogP contribution in [0.1, 0.15) is 53.4 Å². The van der Waals surface area contributed by atoms with E-state index in [4.69, 9.17) is 10.5 Å². The fourth-order valence-corrected chi connectivity index (χ4v) is 3.33. The van der Waals surface area contributed by atoms with Gasteiger partial charge in [-0.1, -0.05) is 20.8 Å². The SMILES string of the molecule is CCOC(=O)CC1(C)CCC(C(C)C)C(C(N)=O)C1. The van der Waals surface area contributed by atoms with Crippen molar-refractivity contribution in [2.24, 2.45) is 28.9 Å². The number of ether oxygens (including phenoxy) is 1. The summed E-state index contributed by atoms with van der Waals surface area (Å²) in [7, 11) is 0. The third-order valence-electron chi connectivity index (χ3n) is 4.41. The molecule has 19 heavy (non-hydrogen) atoms. The molecule has 0 aromatic rings. The Morgan fingerprint density at radius 1 is 1.42 bits per heavy atom. The Hall–Kier alpha value is -1.06. The van der Waals surface area contributed by atoms with E-state index in [-0.39, 0.29) is 23.2 Å². The topological polar surface area (TPSA) is 69.4 Å². The van der Waals surface area contributed by atoms with Gasteiger partial charge in [-0.25, -0.2) is 0 Å². The summed E-state index contributed by atoms with van der Waals surface area (Å²) in [5.74, 6) is 0.273. The lowest BCUT2D eigenvalue weighted by molar-refractivity contribution is -0.148. The van der Waals surface area contributed by atoms with Gasteiger partial charge in [0.05, 0.1) is 13.0 Å². The number of amides is 1. The summed E-state index contributed by atoms with van der Waals surface area (Å²) in [6.07, 6.45) is 3.00. The van der Waals surface area contributed by atoms with Crippen molar-refractivity contribution in [2.45, 2.75) is 53.4 Å². The normalized spacial score (nSPS) is 31.2. The van der Waals surface area contributed by atoms with Gasteiger partial charge in [-0.05, 0) is 43.4 Å². The molecule has 0 aromatic heterocycles. The van der Waals surface area contributed by atoms with Crippen molar-refractivity contribution in [2.75, 3.05) is 6.61 Å². The summed E-state index contributed by atoms with van der Waals surface area (Å²) < 4.78 is 5.02. The van der Waals surface area contributed by atoms with E-state index in [0.29, 0.717) is 31.3 Å². The van der Waals surface area contributed by atoms with E-state index >= 15 is 0 Å². The Labute approximate surface area is 116 Å². The van der Waals surface area contributed by atoms with Crippen LogP contribution in [0.2, 0.25) is 0 Å². The first-order chi connectivity index (χ1) is 8.79. The maximum absolute atomic E-state index is 11.7. The van der Waals surface area contributed by atoms with Gasteiger partial charge in [-0.2, -0.15) is 0 Å². The van der Waals surface area contributed by atoms with Crippen molar-refractivity contribution < 1.29 is 14.3 Å². The zero-order valence-electron chi connectivity index (χ0n) is 12.6. The molecule has 2 N–H and O–H groups in total. The Morgan fingerprint density at radius 2 is 2.05 bits per heavy atom. The average molecular weight is 269 g/mol. The molecular weight excluding hydrogens is 242 g/mol. The monoisotopic (exact) mass is 269 g/mol. The second kappa shape index (κ2) is 6.40. The van der Waals surface area contributed by atoms with E-state index < -0.39 is 0 Å². The molecule has 0 aromatic carbocycles. The number of carbonyl (C=O) groups excluding carboxylic acids is 2. The highest BCUT2D eigenvalue weighted by molar-refractivity contribution is 5.77. The number of primary amides is 1. The van der Waals surface area contributed by atoms with Crippen LogP contribution >= 0.6 is 0 Å². The van der Waals surface area contributed by atoms with Gasteiger partial charge in [0.1, 0.15) is 0 Å². The molecule has 3 atom stereocenters. The van der Waals surface area contributed by atoms with Crippen LogP contribution in [0.25, 0.3) is 0 Å². The Morgan fingerprint density at radius 3 is 2.53 bits per heavy atom. The Balaban J connectivity index is 2.74. The van der Waals surface area contributed by atoms with Crippen LogP contribution in [0.5, 0.6) is 0 Å². The van der Waals surface area contributed by atoms with Gasteiger partial charge >= 0.3 is 5.97 Å². The maximum atomic E-state index is 11.7. The van der Waals surface area contributed by atoms with Crippen molar-refractivity contribution in [3.8, 4) is 0 Å². The van der Waals surface area contributed by atoms with E-state index in [1.54, 1.807) is 0 Å². The van der Waals surface area contributed by atoms with E-state index in [1.165, 1.54) is 0 Å². The third kappa shape index (κ3) is 4.22. The van der Waals surface area contributed by atoms with Crippen molar-refractivity contribution >= 4 is 11.9 Å². The van der Waals surface area contributed by atoms with Crippen molar-refractivity contribution in [3.05, 3.63) is 0 Å². The molecule has 1 aliphatic carbocycles. The number of carbonyl (C=O) groups is 2. The van der Waals surface area contributed by atoms with E-state index in [1.807, 2.05) is 6.92 Å². The second-order valence-electron chi connectivity index (χ2n) is 6.45. The Kier molecular flexibility index (Phi) is 5.39. The predicted octanol–water partition coefficient (Wildman–Crippen LogP) is 2.50. The fourth-order valence-electron chi connectivity index (χ4n) is 3.33. The highest BCUT2D eigenvalue weighted by Crippen LogP contribution is 2.46. The summed E-state index contributed by atoms with van der Waals surface area (Å²) in [5, 5.41) is 0. The van der Waals surface area contributed by atoms with Crippen molar-refractivity contribution in [1.29, 1.82) is 0 Å². The number of rotatable bonds is 5. The molecular formula is C15H27NO3. The quantitative estimate of drug-likeness (QED) is 0.780. The highest BCUT2D eigenvalue weighted by Gasteiger charge is 2.42. The largest absolute Gasteiger partial charge is 0.466 e. The molecule has 0 saturated heterocycles. The Bertz CT molecular complexity index is 340. The van der Waals surface area contributed by atoms with Gasteiger partial charge in [-0.15, -0.1) is 0 Å². The lowest BCUT2D eigenvalue weighted by atomic mass is 9.62. The lowest BCUT2D eigenvalue weighted by Crippen LogP contribution is -2.42. The molecule has 0 spiro atoms. The van der Waals surface area contributed by atoms with E-state index in [0.717, 1.165) is 12.8 Å². The van der Waals surface area contributed by atoms with Gasteiger partial charge in [0.2, 0.25) is 5.91 Å². The average Bonchev–Trinajstić information content (AvgIpc) is 2.27. The molecule has 3 unspecified atom stereocenters. The molecule has 0 aliphatic heterocycles. The molecule has 0 heterocycles. The van der Waals surface area contributed by atoms with E-state index in [9.17, 15) is 9.59 Å².